The van der Waals surface area contributed by atoms with Crippen molar-refractivity contribution in [2.24, 2.45) is 0 Å². The zero-order valence-electron chi connectivity index (χ0n) is 11.4. The summed E-state index contributed by atoms with van der Waals surface area (Å²) in [5, 5.41) is 3.26. The second kappa shape index (κ2) is 6.68. The number of benzene rings is 2. The molecule has 0 aliphatic carbocycles. The maximum absolute atomic E-state index is 13.5. The van der Waals surface area contributed by atoms with Crippen LogP contribution in [0, 0.1) is 11.6 Å². The van der Waals surface area contributed by atoms with Crippen molar-refractivity contribution in [3.63, 3.8) is 0 Å². The molecule has 110 valence electrons. The van der Waals surface area contributed by atoms with Crippen molar-refractivity contribution in [1.82, 2.24) is 5.32 Å². The van der Waals surface area contributed by atoms with E-state index in [9.17, 15) is 13.6 Å². The average Bonchev–Trinajstić information content (AvgIpc) is 2.41. The van der Waals surface area contributed by atoms with Crippen LogP contribution in [-0.4, -0.2) is 11.9 Å². The van der Waals surface area contributed by atoms with Crippen LogP contribution >= 0.6 is 11.6 Å². The van der Waals surface area contributed by atoms with E-state index in [-0.39, 0.29) is 11.6 Å². The van der Waals surface area contributed by atoms with Gasteiger partial charge in [-0.05, 0) is 49.2 Å². The molecule has 2 nitrogen and oxygen atoms in total. The van der Waals surface area contributed by atoms with E-state index in [0.717, 1.165) is 23.8 Å². The fraction of sp³-hybridized carbons (Fsp3) is 0.188. The number of hydrogen-bond acceptors (Lipinski definition) is 1. The Morgan fingerprint density at radius 2 is 2.00 bits per heavy atom. The van der Waals surface area contributed by atoms with E-state index < -0.39 is 17.5 Å². The monoisotopic (exact) mass is 309 g/mol. The third-order valence-corrected chi connectivity index (χ3v) is 3.22. The minimum absolute atomic E-state index is 0.237. The summed E-state index contributed by atoms with van der Waals surface area (Å²) in [5.41, 5.74) is 0.656. The Labute approximate surface area is 126 Å². The molecule has 2 aromatic rings. The van der Waals surface area contributed by atoms with Crippen molar-refractivity contribution in [3.05, 3.63) is 70.2 Å². The van der Waals surface area contributed by atoms with Crippen LogP contribution in [0.1, 0.15) is 22.8 Å². The SMILES string of the molecule is C[C@@H](Cc1cccc(Cl)c1)NC(=O)c1cc(F)ccc1F. The molecule has 0 saturated carbocycles. The molecule has 0 aliphatic rings. The number of hydrogen-bond donors (Lipinski definition) is 1. The molecule has 0 fully saturated rings. The summed E-state index contributed by atoms with van der Waals surface area (Å²) in [4.78, 5) is 11.9. The molecule has 21 heavy (non-hydrogen) atoms. The summed E-state index contributed by atoms with van der Waals surface area (Å²) >= 11 is 5.89. The normalized spacial score (nSPS) is 12.0. The third kappa shape index (κ3) is 4.26. The molecule has 0 aromatic heterocycles. The van der Waals surface area contributed by atoms with E-state index in [2.05, 4.69) is 5.32 Å². The Hall–Kier alpha value is -1.94. The zero-order chi connectivity index (χ0) is 15.4. The van der Waals surface area contributed by atoms with Gasteiger partial charge in [-0.15, -0.1) is 0 Å². The van der Waals surface area contributed by atoms with E-state index >= 15 is 0 Å². The van der Waals surface area contributed by atoms with Crippen molar-refractivity contribution in [2.45, 2.75) is 19.4 Å². The molecule has 0 spiro atoms. The summed E-state index contributed by atoms with van der Waals surface area (Å²) in [6, 6.07) is 9.82. The van der Waals surface area contributed by atoms with Gasteiger partial charge >= 0.3 is 0 Å². The summed E-state index contributed by atoms with van der Waals surface area (Å²) in [6.45, 7) is 1.79. The van der Waals surface area contributed by atoms with Crippen LogP contribution in [0.3, 0.4) is 0 Å². The van der Waals surface area contributed by atoms with E-state index in [4.69, 9.17) is 11.6 Å². The summed E-state index contributed by atoms with van der Waals surface area (Å²) in [6.07, 6.45) is 0.545. The number of carbonyl (C=O) groups is 1. The molecule has 1 amide bonds. The van der Waals surface area contributed by atoms with Crippen LogP contribution in [0.15, 0.2) is 42.5 Å². The predicted octanol–water partition coefficient (Wildman–Crippen LogP) is 3.98. The first kappa shape index (κ1) is 15.4. The fourth-order valence-electron chi connectivity index (χ4n) is 2.04. The largest absolute Gasteiger partial charge is 0.349 e. The van der Waals surface area contributed by atoms with Crippen LogP contribution in [0.4, 0.5) is 8.78 Å². The summed E-state index contributed by atoms with van der Waals surface area (Å²) in [7, 11) is 0. The molecule has 0 saturated heterocycles. The van der Waals surface area contributed by atoms with Crippen molar-refractivity contribution in [1.29, 1.82) is 0 Å². The summed E-state index contributed by atoms with van der Waals surface area (Å²) < 4.78 is 26.6. The van der Waals surface area contributed by atoms with Gasteiger partial charge in [-0.3, -0.25) is 4.79 Å². The van der Waals surface area contributed by atoms with Crippen LogP contribution in [0.2, 0.25) is 5.02 Å². The number of halogens is 3. The highest BCUT2D eigenvalue weighted by molar-refractivity contribution is 6.30. The molecule has 0 unspecified atom stereocenters. The summed E-state index contributed by atoms with van der Waals surface area (Å²) in [5.74, 6) is -2.03. The van der Waals surface area contributed by atoms with Crippen LogP contribution in [0.5, 0.6) is 0 Å². The molecule has 1 atom stereocenters. The number of nitrogens with one attached hydrogen (secondary N) is 1. The minimum Gasteiger partial charge on any atom is -0.349 e. The van der Waals surface area contributed by atoms with Gasteiger partial charge in [0, 0.05) is 11.1 Å². The van der Waals surface area contributed by atoms with Gasteiger partial charge in [-0.1, -0.05) is 23.7 Å². The highest BCUT2D eigenvalue weighted by Gasteiger charge is 2.15. The molecule has 2 rings (SSSR count). The molecule has 5 heteroatoms. The first-order valence-electron chi connectivity index (χ1n) is 6.46. The lowest BCUT2D eigenvalue weighted by atomic mass is 10.1. The maximum atomic E-state index is 13.5. The topological polar surface area (TPSA) is 29.1 Å². The van der Waals surface area contributed by atoms with Crippen LogP contribution in [-0.2, 0) is 6.42 Å². The van der Waals surface area contributed by atoms with E-state index in [1.807, 2.05) is 12.1 Å². The van der Waals surface area contributed by atoms with Crippen molar-refractivity contribution in [2.75, 3.05) is 0 Å². The highest BCUT2D eigenvalue weighted by atomic mass is 35.5. The van der Waals surface area contributed by atoms with Gasteiger partial charge in [-0.2, -0.15) is 0 Å². The third-order valence-electron chi connectivity index (χ3n) is 2.98. The molecule has 0 radical (unpaired) electrons. The Bertz CT molecular complexity index is 660. The Morgan fingerprint density at radius 3 is 2.71 bits per heavy atom. The second-order valence-corrected chi connectivity index (χ2v) is 5.27. The number of amides is 1. The van der Waals surface area contributed by atoms with Crippen LogP contribution in [0.25, 0.3) is 0 Å². The lowest BCUT2D eigenvalue weighted by Gasteiger charge is -2.14. The number of carbonyl (C=O) groups excluding carboxylic acids is 1. The molecule has 2 aromatic carbocycles. The van der Waals surface area contributed by atoms with Gasteiger partial charge < -0.3 is 5.32 Å². The fourth-order valence-corrected chi connectivity index (χ4v) is 2.25. The van der Waals surface area contributed by atoms with Crippen LogP contribution < -0.4 is 5.32 Å². The van der Waals surface area contributed by atoms with Gasteiger partial charge in [0.1, 0.15) is 11.6 Å². The quantitative estimate of drug-likeness (QED) is 0.909. The lowest BCUT2D eigenvalue weighted by molar-refractivity contribution is 0.0935. The number of rotatable bonds is 4. The first-order chi connectivity index (χ1) is 9.95. The van der Waals surface area contributed by atoms with E-state index in [1.165, 1.54) is 0 Å². The van der Waals surface area contributed by atoms with E-state index in [0.29, 0.717) is 11.4 Å². The molecular weight excluding hydrogens is 296 g/mol. The van der Waals surface area contributed by atoms with Gasteiger partial charge in [0.15, 0.2) is 0 Å². The molecule has 0 aliphatic heterocycles. The van der Waals surface area contributed by atoms with Crippen molar-refractivity contribution in [3.8, 4) is 0 Å². The lowest BCUT2D eigenvalue weighted by Crippen LogP contribution is -2.34. The van der Waals surface area contributed by atoms with E-state index in [1.54, 1.807) is 19.1 Å². The minimum atomic E-state index is -0.746. The molecular formula is C16H14ClF2NO. The van der Waals surface area contributed by atoms with Gasteiger partial charge in [0.05, 0.1) is 5.56 Å². The highest BCUT2D eigenvalue weighted by Crippen LogP contribution is 2.13. The predicted molar refractivity (Wildman–Crippen MR) is 78.4 cm³/mol. The maximum Gasteiger partial charge on any atom is 0.254 e. The van der Waals surface area contributed by atoms with Crippen molar-refractivity contribution < 1.29 is 13.6 Å². The zero-order valence-corrected chi connectivity index (χ0v) is 12.1. The molecule has 0 bridgehead atoms. The smallest absolute Gasteiger partial charge is 0.254 e. The van der Waals surface area contributed by atoms with Gasteiger partial charge in [0.2, 0.25) is 0 Å². The first-order valence-corrected chi connectivity index (χ1v) is 6.84. The van der Waals surface area contributed by atoms with Crippen molar-refractivity contribution >= 4 is 17.5 Å². The molecule has 0 heterocycles. The molecule has 1 N–H and O–H groups in total. The Balaban J connectivity index is 2.03. The standard InChI is InChI=1S/C16H14ClF2NO/c1-10(7-11-3-2-4-12(17)8-11)20-16(21)14-9-13(18)5-6-15(14)19/h2-6,8-10H,7H2,1H3,(H,20,21)/t10-/m0/s1. The second-order valence-electron chi connectivity index (χ2n) is 4.83. The average molecular weight is 310 g/mol. The van der Waals surface area contributed by atoms with Gasteiger partial charge in [-0.25, -0.2) is 8.78 Å². The Morgan fingerprint density at radius 1 is 1.24 bits per heavy atom. The van der Waals surface area contributed by atoms with Gasteiger partial charge in [0.25, 0.3) is 5.91 Å². The Kier molecular flexibility index (Phi) is 4.91.